The second-order valence-electron chi connectivity index (χ2n) is 6.12. The Hall–Kier alpha value is -2.80. The summed E-state index contributed by atoms with van der Waals surface area (Å²) >= 11 is 1.49. The molecule has 4 heterocycles. The summed E-state index contributed by atoms with van der Waals surface area (Å²) in [5, 5.41) is 5.05. The fraction of sp³-hybridized carbons (Fsp3) is 0.222. The van der Waals surface area contributed by atoms with E-state index in [9.17, 15) is 0 Å². The number of hydrogen-bond acceptors (Lipinski definition) is 7. The van der Waals surface area contributed by atoms with Gasteiger partial charge in [-0.3, -0.25) is 4.98 Å². The third-order valence-electron chi connectivity index (χ3n) is 4.31. The molecule has 0 saturated carbocycles. The molecule has 4 rings (SSSR count). The van der Waals surface area contributed by atoms with E-state index < -0.39 is 0 Å². The topological polar surface area (TPSA) is 90.2 Å². The van der Waals surface area contributed by atoms with Crippen molar-refractivity contribution in [1.82, 2.24) is 15.1 Å². The van der Waals surface area contributed by atoms with Crippen LogP contribution in [0.25, 0.3) is 27.7 Å². The summed E-state index contributed by atoms with van der Waals surface area (Å²) in [6.45, 7) is 6.23. The van der Waals surface area contributed by atoms with Crippen molar-refractivity contribution < 1.29 is 4.52 Å². The minimum Gasteiger partial charge on any atom is -0.397 e. The first-order valence-corrected chi connectivity index (χ1v) is 8.74. The van der Waals surface area contributed by atoms with Crippen LogP contribution >= 0.6 is 11.3 Å². The van der Waals surface area contributed by atoms with Crippen molar-refractivity contribution >= 4 is 22.6 Å². The van der Waals surface area contributed by atoms with E-state index in [1.165, 1.54) is 22.5 Å². The number of anilines is 1. The Morgan fingerprint density at radius 3 is 2.80 bits per heavy atom. The molecule has 7 heteroatoms. The molecule has 6 nitrogen and oxygen atoms in total. The van der Waals surface area contributed by atoms with Crippen molar-refractivity contribution in [3.8, 4) is 22.2 Å². The number of aromatic nitrogens is 3. The van der Waals surface area contributed by atoms with Crippen LogP contribution in [-0.2, 0) is 0 Å². The summed E-state index contributed by atoms with van der Waals surface area (Å²) in [6.07, 6.45) is 4.27. The minimum absolute atomic E-state index is 0.413. The maximum Gasteiger partial charge on any atom is 0.270 e. The normalized spacial score (nSPS) is 14.3. The fourth-order valence-corrected chi connectivity index (χ4v) is 4.02. The van der Waals surface area contributed by atoms with Crippen molar-refractivity contribution in [3.05, 3.63) is 45.7 Å². The number of pyridine rings is 1. The van der Waals surface area contributed by atoms with E-state index in [1.807, 2.05) is 19.1 Å². The Bertz CT molecular complexity index is 1110. The number of nitrogens with zero attached hydrogens (tertiary/aromatic N) is 4. The van der Waals surface area contributed by atoms with Gasteiger partial charge in [0, 0.05) is 28.9 Å². The van der Waals surface area contributed by atoms with Crippen molar-refractivity contribution in [1.29, 1.82) is 0 Å². The lowest BCUT2D eigenvalue weighted by Crippen LogP contribution is -2.23. The second-order valence-corrected chi connectivity index (χ2v) is 7.12. The smallest absolute Gasteiger partial charge is 0.270 e. The highest BCUT2D eigenvalue weighted by molar-refractivity contribution is 7.13. The molecule has 0 unspecified atom stereocenters. The fourth-order valence-electron chi connectivity index (χ4n) is 2.87. The molecule has 2 N–H and O–H groups in total. The number of thiophene rings is 1. The summed E-state index contributed by atoms with van der Waals surface area (Å²) in [7, 11) is 0. The van der Waals surface area contributed by atoms with Crippen molar-refractivity contribution in [3.63, 3.8) is 0 Å². The first kappa shape index (κ1) is 15.7. The SMILES string of the molecule is CC1=C(C)N=c2sc(-c3nc(-c4cccnc4)no3)c(N)c2=C(C)C1. The van der Waals surface area contributed by atoms with Crippen LogP contribution in [0.2, 0.25) is 0 Å². The lowest BCUT2D eigenvalue weighted by molar-refractivity contribution is 0.433. The molecule has 0 bridgehead atoms. The van der Waals surface area contributed by atoms with Crippen molar-refractivity contribution in [2.75, 3.05) is 5.73 Å². The molecule has 0 amide bonds. The summed E-state index contributed by atoms with van der Waals surface area (Å²) in [5.41, 5.74) is 11.4. The lowest BCUT2D eigenvalue weighted by Gasteiger charge is -2.01. The maximum absolute atomic E-state index is 6.43. The first-order chi connectivity index (χ1) is 12.0. The molecule has 0 aliphatic carbocycles. The zero-order chi connectivity index (χ0) is 17.6. The zero-order valence-corrected chi connectivity index (χ0v) is 15.0. The Morgan fingerprint density at radius 2 is 2.04 bits per heavy atom. The molecular weight excluding hydrogens is 334 g/mol. The van der Waals surface area contributed by atoms with Crippen LogP contribution in [0.3, 0.4) is 0 Å². The predicted molar refractivity (Wildman–Crippen MR) is 98.1 cm³/mol. The first-order valence-electron chi connectivity index (χ1n) is 7.92. The van der Waals surface area contributed by atoms with Crippen LogP contribution in [-0.4, -0.2) is 15.1 Å². The monoisotopic (exact) mass is 351 g/mol. The second kappa shape index (κ2) is 5.93. The molecule has 0 fully saturated rings. The molecule has 0 radical (unpaired) electrons. The molecule has 0 saturated heterocycles. The molecule has 1 aliphatic rings. The maximum atomic E-state index is 6.43. The average Bonchev–Trinajstić information content (AvgIpc) is 3.17. The summed E-state index contributed by atoms with van der Waals surface area (Å²) in [6, 6.07) is 3.72. The zero-order valence-electron chi connectivity index (χ0n) is 14.2. The summed E-state index contributed by atoms with van der Waals surface area (Å²) in [5.74, 6) is 0.909. The number of nitrogens with two attached hydrogens (primary N) is 1. The van der Waals surface area contributed by atoms with E-state index in [-0.39, 0.29) is 0 Å². The van der Waals surface area contributed by atoms with Crippen LogP contribution in [0.5, 0.6) is 0 Å². The van der Waals surface area contributed by atoms with Gasteiger partial charge in [0.1, 0.15) is 9.55 Å². The van der Waals surface area contributed by atoms with Gasteiger partial charge >= 0.3 is 0 Å². The van der Waals surface area contributed by atoms with Gasteiger partial charge in [-0.05, 0) is 44.9 Å². The van der Waals surface area contributed by atoms with E-state index in [0.29, 0.717) is 17.4 Å². The Kier molecular flexibility index (Phi) is 3.73. The Labute approximate surface area is 148 Å². The van der Waals surface area contributed by atoms with Gasteiger partial charge in [-0.25, -0.2) is 4.99 Å². The van der Waals surface area contributed by atoms with Crippen LogP contribution in [0.1, 0.15) is 27.2 Å². The molecule has 25 heavy (non-hydrogen) atoms. The molecule has 3 aromatic heterocycles. The summed E-state index contributed by atoms with van der Waals surface area (Å²) in [4.78, 5) is 14.1. The third-order valence-corrected chi connectivity index (χ3v) is 5.40. The van der Waals surface area contributed by atoms with E-state index in [1.54, 1.807) is 12.4 Å². The third kappa shape index (κ3) is 2.66. The Balaban J connectivity index is 1.88. The van der Waals surface area contributed by atoms with Crippen LogP contribution in [0, 0.1) is 0 Å². The predicted octanol–water partition coefficient (Wildman–Crippen LogP) is 2.93. The number of allylic oxidation sites excluding steroid dienone is 2. The summed E-state index contributed by atoms with van der Waals surface area (Å²) < 4.78 is 6.36. The van der Waals surface area contributed by atoms with Gasteiger partial charge in [-0.15, -0.1) is 11.3 Å². The van der Waals surface area contributed by atoms with E-state index in [2.05, 4.69) is 29.0 Å². The number of nitrogen functional groups attached to an aromatic ring is 1. The van der Waals surface area contributed by atoms with Gasteiger partial charge in [-0.2, -0.15) is 4.98 Å². The van der Waals surface area contributed by atoms with E-state index >= 15 is 0 Å². The van der Waals surface area contributed by atoms with Gasteiger partial charge in [0.15, 0.2) is 0 Å². The van der Waals surface area contributed by atoms with Gasteiger partial charge in [0.2, 0.25) is 5.82 Å². The standard InChI is InChI=1S/C18H17N5OS/c1-9-7-10(2)13-14(19)15(25-18(13)21-11(9)3)17-22-16(23-24-17)12-5-4-6-20-8-12/h4-6,8H,7,19H2,1-3H3. The minimum atomic E-state index is 0.413. The molecule has 0 atom stereocenters. The molecular formula is C18H17N5OS. The van der Waals surface area contributed by atoms with Crippen molar-refractivity contribution in [2.24, 2.45) is 4.99 Å². The van der Waals surface area contributed by atoms with E-state index in [0.717, 1.165) is 32.4 Å². The largest absolute Gasteiger partial charge is 0.397 e. The number of hydrogen-bond donors (Lipinski definition) is 1. The highest BCUT2D eigenvalue weighted by Gasteiger charge is 2.19. The highest BCUT2D eigenvalue weighted by Crippen LogP contribution is 2.29. The van der Waals surface area contributed by atoms with Crippen LogP contribution < -0.4 is 15.6 Å². The highest BCUT2D eigenvalue weighted by atomic mass is 32.1. The Morgan fingerprint density at radius 1 is 1.20 bits per heavy atom. The molecule has 0 aromatic carbocycles. The van der Waals surface area contributed by atoms with Gasteiger partial charge < -0.3 is 10.3 Å². The molecule has 126 valence electrons. The van der Waals surface area contributed by atoms with Gasteiger partial charge in [0.05, 0.1) is 5.69 Å². The van der Waals surface area contributed by atoms with Crippen LogP contribution in [0.15, 0.2) is 45.3 Å². The van der Waals surface area contributed by atoms with Gasteiger partial charge in [0.25, 0.3) is 5.89 Å². The van der Waals surface area contributed by atoms with Crippen molar-refractivity contribution in [2.45, 2.75) is 27.2 Å². The molecule has 3 aromatic rings. The van der Waals surface area contributed by atoms with E-state index in [4.69, 9.17) is 15.2 Å². The number of fused-ring (bicyclic) bond motifs is 1. The number of rotatable bonds is 2. The molecule has 1 aliphatic heterocycles. The quantitative estimate of drug-likeness (QED) is 0.766. The lowest BCUT2D eigenvalue weighted by atomic mass is 10.1. The average molecular weight is 351 g/mol. The molecule has 0 spiro atoms. The van der Waals surface area contributed by atoms with Crippen LogP contribution in [0.4, 0.5) is 5.69 Å². The van der Waals surface area contributed by atoms with Gasteiger partial charge in [-0.1, -0.05) is 10.7 Å².